The molecule has 30 heavy (non-hydrogen) atoms. The zero-order valence-corrected chi connectivity index (χ0v) is 17.9. The summed E-state index contributed by atoms with van der Waals surface area (Å²) in [5.74, 6) is 0.848. The lowest BCUT2D eigenvalue weighted by molar-refractivity contribution is -0.120. The third-order valence-corrected chi connectivity index (χ3v) is 5.76. The fourth-order valence-electron chi connectivity index (χ4n) is 3.23. The van der Waals surface area contributed by atoms with Crippen LogP contribution in [0.25, 0.3) is 11.3 Å². The normalized spacial score (nSPS) is 14.9. The SMILES string of the molecule is C=CCSc1nnc2c(n1)O[C@H](c1ccccc1Cl)N(C(=O)CC)c1ccccc1-2. The second kappa shape index (κ2) is 8.85. The summed E-state index contributed by atoms with van der Waals surface area (Å²) in [5, 5.41) is 9.57. The highest BCUT2D eigenvalue weighted by Crippen LogP contribution is 2.44. The first kappa shape index (κ1) is 20.4. The molecule has 0 N–H and O–H groups in total. The van der Waals surface area contributed by atoms with E-state index >= 15 is 0 Å². The highest BCUT2D eigenvalue weighted by molar-refractivity contribution is 7.99. The highest BCUT2D eigenvalue weighted by Gasteiger charge is 2.36. The van der Waals surface area contributed by atoms with E-state index in [2.05, 4.69) is 21.8 Å². The van der Waals surface area contributed by atoms with Crippen LogP contribution in [-0.4, -0.2) is 26.8 Å². The van der Waals surface area contributed by atoms with Crippen molar-refractivity contribution in [1.82, 2.24) is 15.2 Å². The van der Waals surface area contributed by atoms with E-state index in [1.165, 1.54) is 11.8 Å². The number of halogens is 1. The minimum atomic E-state index is -0.789. The minimum absolute atomic E-state index is 0.102. The quantitative estimate of drug-likeness (QED) is 0.397. The van der Waals surface area contributed by atoms with Gasteiger partial charge in [0.25, 0.3) is 0 Å². The molecule has 6 nitrogen and oxygen atoms in total. The number of hydrogen-bond donors (Lipinski definition) is 0. The van der Waals surface area contributed by atoms with Crippen LogP contribution in [0.5, 0.6) is 5.88 Å². The van der Waals surface area contributed by atoms with E-state index in [4.69, 9.17) is 16.3 Å². The molecule has 0 radical (unpaired) electrons. The van der Waals surface area contributed by atoms with Gasteiger partial charge in [0.15, 0.2) is 5.69 Å². The molecule has 4 rings (SSSR count). The fraction of sp³-hybridized carbons (Fsp3) is 0.182. The van der Waals surface area contributed by atoms with Crippen molar-refractivity contribution in [3.63, 3.8) is 0 Å². The number of amides is 1. The van der Waals surface area contributed by atoms with Crippen molar-refractivity contribution in [2.45, 2.75) is 24.7 Å². The number of nitrogens with zero attached hydrogens (tertiary/aromatic N) is 4. The van der Waals surface area contributed by atoms with Crippen LogP contribution in [0.1, 0.15) is 25.1 Å². The number of fused-ring (bicyclic) bond motifs is 3. The van der Waals surface area contributed by atoms with Gasteiger partial charge in [-0.2, -0.15) is 4.98 Å². The van der Waals surface area contributed by atoms with Crippen molar-refractivity contribution in [2.75, 3.05) is 10.7 Å². The van der Waals surface area contributed by atoms with Gasteiger partial charge in [-0.3, -0.25) is 9.69 Å². The summed E-state index contributed by atoms with van der Waals surface area (Å²) in [4.78, 5) is 19.3. The van der Waals surface area contributed by atoms with Gasteiger partial charge in [0.2, 0.25) is 23.2 Å². The molecular formula is C22H19ClN4O2S. The van der Waals surface area contributed by atoms with Gasteiger partial charge in [0, 0.05) is 28.3 Å². The van der Waals surface area contributed by atoms with Crippen LogP contribution in [0.2, 0.25) is 5.02 Å². The lowest BCUT2D eigenvalue weighted by Gasteiger charge is -2.31. The topological polar surface area (TPSA) is 68.2 Å². The van der Waals surface area contributed by atoms with E-state index in [1.54, 1.807) is 17.0 Å². The molecule has 1 aliphatic heterocycles. The number of thioether (sulfide) groups is 1. The zero-order chi connectivity index (χ0) is 21.1. The molecule has 3 aromatic rings. The maximum Gasteiger partial charge on any atom is 0.247 e. The maximum atomic E-state index is 13.1. The molecule has 0 aliphatic carbocycles. The van der Waals surface area contributed by atoms with E-state index in [-0.39, 0.29) is 5.91 Å². The van der Waals surface area contributed by atoms with Gasteiger partial charge in [-0.1, -0.05) is 72.8 Å². The van der Waals surface area contributed by atoms with Gasteiger partial charge in [-0.05, 0) is 12.1 Å². The summed E-state index contributed by atoms with van der Waals surface area (Å²) >= 11 is 7.90. The van der Waals surface area contributed by atoms with Crippen LogP contribution in [0.3, 0.4) is 0 Å². The summed E-state index contributed by atoms with van der Waals surface area (Å²) in [5.41, 5.74) is 2.55. The van der Waals surface area contributed by atoms with Crippen molar-refractivity contribution < 1.29 is 9.53 Å². The van der Waals surface area contributed by atoms with Crippen molar-refractivity contribution >= 4 is 35.0 Å². The predicted octanol–water partition coefficient (Wildman–Crippen LogP) is 5.30. The molecule has 0 saturated heterocycles. The summed E-state index contributed by atoms with van der Waals surface area (Å²) < 4.78 is 6.33. The number of hydrogen-bond acceptors (Lipinski definition) is 6. The number of ether oxygens (including phenoxy) is 1. The largest absolute Gasteiger partial charge is 0.447 e. The number of carbonyl (C=O) groups excluding carboxylic acids is 1. The molecule has 152 valence electrons. The van der Waals surface area contributed by atoms with Crippen LogP contribution in [0, 0.1) is 0 Å². The Balaban J connectivity index is 1.94. The molecule has 1 aliphatic rings. The zero-order valence-electron chi connectivity index (χ0n) is 16.3. The fourth-order valence-corrected chi connectivity index (χ4v) is 3.97. The molecule has 0 saturated carbocycles. The van der Waals surface area contributed by atoms with E-state index in [1.807, 2.05) is 49.4 Å². The Morgan fingerprint density at radius 2 is 2.00 bits per heavy atom. The molecule has 0 spiro atoms. The Kier molecular flexibility index (Phi) is 6.01. The van der Waals surface area contributed by atoms with E-state index in [9.17, 15) is 4.79 Å². The van der Waals surface area contributed by atoms with Gasteiger partial charge in [-0.25, -0.2) is 0 Å². The van der Waals surface area contributed by atoms with E-state index in [0.29, 0.717) is 45.2 Å². The molecule has 8 heteroatoms. The van der Waals surface area contributed by atoms with Gasteiger partial charge in [0.05, 0.1) is 5.69 Å². The Morgan fingerprint density at radius 1 is 1.23 bits per heavy atom. The Bertz CT molecular complexity index is 1110. The molecule has 2 aromatic carbocycles. The number of anilines is 1. The van der Waals surface area contributed by atoms with Gasteiger partial charge in [0.1, 0.15) is 0 Å². The van der Waals surface area contributed by atoms with Crippen molar-refractivity contribution in [2.24, 2.45) is 0 Å². The third-order valence-electron chi connectivity index (χ3n) is 4.58. The van der Waals surface area contributed by atoms with Crippen LogP contribution in [-0.2, 0) is 4.79 Å². The summed E-state index contributed by atoms with van der Waals surface area (Å²) in [6.45, 7) is 5.54. The number of aromatic nitrogens is 3. The Labute approximate surface area is 183 Å². The molecule has 1 aromatic heterocycles. The van der Waals surface area contributed by atoms with Crippen LogP contribution >= 0.6 is 23.4 Å². The summed E-state index contributed by atoms with van der Waals surface area (Å²) in [6.07, 6.45) is 1.28. The summed E-state index contributed by atoms with van der Waals surface area (Å²) in [6, 6.07) is 14.8. The molecule has 0 fully saturated rings. The Hall–Kier alpha value is -2.90. The van der Waals surface area contributed by atoms with Crippen LogP contribution in [0.4, 0.5) is 5.69 Å². The average Bonchev–Trinajstić information content (AvgIpc) is 2.91. The van der Waals surface area contributed by atoms with Gasteiger partial charge < -0.3 is 4.74 Å². The van der Waals surface area contributed by atoms with Gasteiger partial charge in [-0.15, -0.1) is 16.8 Å². The number of carbonyl (C=O) groups is 1. The molecule has 1 amide bonds. The first-order valence-corrected chi connectivity index (χ1v) is 10.8. The standard InChI is InChI=1S/C22H19ClN4O2S/c1-3-13-30-22-24-20-19(25-26-22)15-10-6-8-12-17(15)27(18(28)4-2)21(29-20)14-9-5-7-11-16(14)23/h3,5-12,21H,1,4,13H2,2H3/t21-/m1/s1. The first-order chi connectivity index (χ1) is 14.6. The second-order valence-electron chi connectivity index (χ2n) is 6.47. The molecule has 2 heterocycles. The lowest BCUT2D eigenvalue weighted by Crippen LogP contribution is -2.37. The maximum absolute atomic E-state index is 13.1. The smallest absolute Gasteiger partial charge is 0.247 e. The van der Waals surface area contributed by atoms with Crippen molar-refractivity contribution in [1.29, 1.82) is 0 Å². The first-order valence-electron chi connectivity index (χ1n) is 9.45. The molecule has 0 bridgehead atoms. The monoisotopic (exact) mass is 438 g/mol. The van der Waals surface area contributed by atoms with Crippen LogP contribution in [0.15, 0.2) is 66.3 Å². The third kappa shape index (κ3) is 3.78. The minimum Gasteiger partial charge on any atom is -0.447 e. The van der Waals surface area contributed by atoms with E-state index < -0.39 is 6.23 Å². The predicted molar refractivity (Wildman–Crippen MR) is 119 cm³/mol. The van der Waals surface area contributed by atoms with Crippen molar-refractivity contribution in [3.05, 3.63) is 71.8 Å². The Morgan fingerprint density at radius 3 is 2.77 bits per heavy atom. The highest BCUT2D eigenvalue weighted by atomic mass is 35.5. The summed E-state index contributed by atoms with van der Waals surface area (Å²) in [7, 11) is 0. The molecular weight excluding hydrogens is 420 g/mol. The number of para-hydroxylation sites is 1. The number of benzene rings is 2. The molecule has 0 unspecified atom stereocenters. The van der Waals surface area contributed by atoms with E-state index in [0.717, 1.165) is 5.56 Å². The van der Waals surface area contributed by atoms with Gasteiger partial charge >= 0.3 is 0 Å². The lowest BCUT2D eigenvalue weighted by atomic mass is 10.1. The average molecular weight is 439 g/mol. The second-order valence-corrected chi connectivity index (χ2v) is 7.87. The molecule has 1 atom stereocenters. The number of rotatable bonds is 5. The van der Waals surface area contributed by atoms with Crippen LogP contribution < -0.4 is 9.64 Å². The van der Waals surface area contributed by atoms with Crippen molar-refractivity contribution in [3.8, 4) is 17.1 Å².